The Bertz CT molecular complexity index is 445. The smallest absolute Gasteiger partial charge is 0.193 e. The van der Waals surface area contributed by atoms with Gasteiger partial charge in [-0.25, -0.2) is 4.98 Å². The summed E-state index contributed by atoms with van der Waals surface area (Å²) in [5.41, 5.74) is 0.599. The van der Waals surface area contributed by atoms with E-state index in [0.29, 0.717) is 5.41 Å². The predicted molar refractivity (Wildman–Crippen MR) is 80.7 cm³/mol. The first-order chi connectivity index (χ1) is 9.81. The number of nitrogens with one attached hydrogen (secondary N) is 1. The summed E-state index contributed by atoms with van der Waals surface area (Å²) < 4.78 is 2.09. The van der Waals surface area contributed by atoms with Gasteiger partial charge >= 0.3 is 0 Å². The van der Waals surface area contributed by atoms with Crippen LogP contribution in [0.15, 0.2) is 23.7 Å². The van der Waals surface area contributed by atoms with Crippen molar-refractivity contribution in [3.8, 4) is 0 Å². The molecular formula is C15H25N5. The Balaban J connectivity index is 1.50. The standard InChI is InChI=1S/C15H25N5/c1-16-14(18-8-11-19-10-7-17-13-19)20-9-6-15(12-20)4-2-3-5-15/h7,10,13H,2-6,8-9,11-12H2,1H3,(H,16,18). The lowest BCUT2D eigenvalue weighted by Crippen LogP contribution is -2.42. The normalized spacial score (nSPS) is 21.9. The summed E-state index contributed by atoms with van der Waals surface area (Å²) in [6, 6.07) is 0. The van der Waals surface area contributed by atoms with Crippen LogP contribution in [0.2, 0.25) is 0 Å². The van der Waals surface area contributed by atoms with Crippen LogP contribution < -0.4 is 5.32 Å². The number of hydrogen-bond donors (Lipinski definition) is 1. The van der Waals surface area contributed by atoms with Crippen LogP contribution in [0.5, 0.6) is 0 Å². The Morgan fingerprint density at radius 1 is 1.35 bits per heavy atom. The molecule has 0 atom stereocenters. The zero-order chi connectivity index (χ0) is 13.8. The molecule has 0 amide bonds. The average molecular weight is 275 g/mol. The Labute approximate surface area is 121 Å². The highest BCUT2D eigenvalue weighted by molar-refractivity contribution is 5.80. The lowest BCUT2D eigenvalue weighted by molar-refractivity contribution is 0.309. The summed E-state index contributed by atoms with van der Waals surface area (Å²) >= 11 is 0. The van der Waals surface area contributed by atoms with Crippen molar-refractivity contribution in [3.63, 3.8) is 0 Å². The van der Waals surface area contributed by atoms with Crippen molar-refractivity contribution in [1.82, 2.24) is 19.8 Å². The van der Waals surface area contributed by atoms with Gasteiger partial charge in [-0.05, 0) is 24.7 Å². The van der Waals surface area contributed by atoms with E-state index < -0.39 is 0 Å². The first kappa shape index (κ1) is 13.5. The van der Waals surface area contributed by atoms with Gasteiger partial charge in [-0.2, -0.15) is 0 Å². The molecule has 1 N–H and O–H groups in total. The molecule has 0 aromatic carbocycles. The second-order valence-electron chi connectivity index (χ2n) is 6.15. The molecule has 2 heterocycles. The predicted octanol–water partition coefficient (Wildman–Crippen LogP) is 1.72. The van der Waals surface area contributed by atoms with Crippen molar-refractivity contribution in [2.24, 2.45) is 10.4 Å². The van der Waals surface area contributed by atoms with Crippen LogP contribution in [0.4, 0.5) is 0 Å². The highest BCUT2D eigenvalue weighted by Gasteiger charge is 2.40. The number of guanidine groups is 1. The van der Waals surface area contributed by atoms with E-state index in [1.54, 1.807) is 0 Å². The monoisotopic (exact) mass is 275 g/mol. The van der Waals surface area contributed by atoms with Crippen LogP contribution in [0, 0.1) is 5.41 Å². The highest BCUT2D eigenvalue weighted by atomic mass is 15.3. The van der Waals surface area contributed by atoms with E-state index in [-0.39, 0.29) is 0 Å². The Morgan fingerprint density at radius 2 is 2.20 bits per heavy atom. The minimum absolute atomic E-state index is 0.599. The summed E-state index contributed by atoms with van der Waals surface area (Å²) in [5.74, 6) is 1.06. The van der Waals surface area contributed by atoms with Gasteiger partial charge in [0.05, 0.1) is 6.33 Å². The van der Waals surface area contributed by atoms with Crippen LogP contribution in [0.1, 0.15) is 32.1 Å². The van der Waals surface area contributed by atoms with Gasteiger partial charge in [0.2, 0.25) is 0 Å². The third-order valence-corrected chi connectivity index (χ3v) is 4.83. The number of aliphatic imine (C=N–C) groups is 1. The van der Waals surface area contributed by atoms with Crippen LogP contribution in [0.25, 0.3) is 0 Å². The van der Waals surface area contributed by atoms with Crippen LogP contribution in [-0.4, -0.2) is 47.1 Å². The molecule has 110 valence electrons. The molecule has 1 spiro atoms. The van der Waals surface area contributed by atoms with Crippen molar-refractivity contribution < 1.29 is 0 Å². The van der Waals surface area contributed by atoms with Gasteiger partial charge in [-0.15, -0.1) is 0 Å². The summed E-state index contributed by atoms with van der Waals surface area (Å²) in [6.07, 6.45) is 12.7. The fraction of sp³-hybridized carbons (Fsp3) is 0.733. The molecule has 1 aromatic heterocycles. The summed E-state index contributed by atoms with van der Waals surface area (Å²) in [7, 11) is 1.89. The van der Waals surface area contributed by atoms with E-state index in [1.165, 1.54) is 38.6 Å². The molecule has 2 fully saturated rings. The van der Waals surface area contributed by atoms with Gasteiger partial charge in [0.1, 0.15) is 0 Å². The Morgan fingerprint density at radius 3 is 2.90 bits per heavy atom. The highest BCUT2D eigenvalue weighted by Crippen LogP contribution is 2.45. The van der Waals surface area contributed by atoms with Crippen molar-refractivity contribution in [3.05, 3.63) is 18.7 Å². The molecule has 1 aromatic rings. The van der Waals surface area contributed by atoms with Crippen molar-refractivity contribution >= 4 is 5.96 Å². The topological polar surface area (TPSA) is 45.5 Å². The number of likely N-dealkylation sites (tertiary alicyclic amines) is 1. The van der Waals surface area contributed by atoms with E-state index in [1.807, 2.05) is 25.8 Å². The maximum Gasteiger partial charge on any atom is 0.193 e. The molecule has 3 rings (SSSR count). The molecule has 0 unspecified atom stereocenters. The first-order valence-corrected chi connectivity index (χ1v) is 7.73. The van der Waals surface area contributed by atoms with Crippen molar-refractivity contribution in [2.75, 3.05) is 26.7 Å². The van der Waals surface area contributed by atoms with Gasteiger partial charge < -0.3 is 14.8 Å². The van der Waals surface area contributed by atoms with Crippen LogP contribution >= 0.6 is 0 Å². The minimum Gasteiger partial charge on any atom is -0.354 e. The quantitative estimate of drug-likeness (QED) is 0.675. The molecule has 1 aliphatic heterocycles. The number of hydrogen-bond acceptors (Lipinski definition) is 2. The van der Waals surface area contributed by atoms with Gasteiger partial charge in [-0.1, -0.05) is 12.8 Å². The number of nitrogens with zero attached hydrogens (tertiary/aromatic N) is 4. The van der Waals surface area contributed by atoms with Crippen molar-refractivity contribution in [2.45, 2.75) is 38.6 Å². The summed E-state index contributed by atoms with van der Waals surface area (Å²) in [6.45, 7) is 4.17. The SMILES string of the molecule is CN=C(NCCn1ccnc1)N1CCC2(CCCC2)C1. The van der Waals surface area contributed by atoms with Gasteiger partial charge in [-0.3, -0.25) is 4.99 Å². The second kappa shape index (κ2) is 5.85. The molecule has 20 heavy (non-hydrogen) atoms. The largest absolute Gasteiger partial charge is 0.354 e. The Hall–Kier alpha value is -1.52. The second-order valence-corrected chi connectivity index (χ2v) is 6.15. The van der Waals surface area contributed by atoms with Gasteiger partial charge in [0, 0.05) is 45.6 Å². The molecule has 5 heteroatoms. The Kier molecular flexibility index (Phi) is 3.94. The molecule has 0 radical (unpaired) electrons. The zero-order valence-corrected chi connectivity index (χ0v) is 12.4. The third kappa shape index (κ3) is 2.81. The molecular weight excluding hydrogens is 250 g/mol. The van der Waals surface area contributed by atoms with Crippen LogP contribution in [-0.2, 0) is 6.54 Å². The van der Waals surface area contributed by atoms with E-state index >= 15 is 0 Å². The van der Waals surface area contributed by atoms with E-state index in [4.69, 9.17) is 0 Å². The van der Waals surface area contributed by atoms with Crippen LogP contribution in [0.3, 0.4) is 0 Å². The van der Waals surface area contributed by atoms with E-state index in [2.05, 4.69) is 24.8 Å². The molecule has 1 saturated heterocycles. The van der Waals surface area contributed by atoms with E-state index in [9.17, 15) is 0 Å². The minimum atomic E-state index is 0.599. The van der Waals surface area contributed by atoms with Crippen molar-refractivity contribution in [1.29, 1.82) is 0 Å². The molecule has 5 nitrogen and oxygen atoms in total. The average Bonchev–Trinajstić information content (AvgIpc) is 3.19. The number of rotatable bonds is 3. The maximum atomic E-state index is 4.45. The lowest BCUT2D eigenvalue weighted by Gasteiger charge is -2.25. The molecule has 1 aliphatic carbocycles. The summed E-state index contributed by atoms with van der Waals surface area (Å²) in [4.78, 5) is 11.0. The fourth-order valence-corrected chi connectivity index (χ4v) is 3.70. The molecule has 2 aliphatic rings. The van der Waals surface area contributed by atoms with Gasteiger partial charge in [0.15, 0.2) is 5.96 Å². The first-order valence-electron chi connectivity index (χ1n) is 7.73. The maximum absolute atomic E-state index is 4.45. The zero-order valence-electron chi connectivity index (χ0n) is 12.4. The molecule has 1 saturated carbocycles. The summed E-state index contributed by atoms with van der Waals surface area (Å²) in [5, 5.41) is 3.48. The lowest BCUT2D eigenvalue weighted by atomic mass is 9.86. The number of imidazole rings is 1. The van der Waals surface area contributed by atoms with E-state index in [0.717, 1.165) is 25.6 Å². The fourth-order valence-electron chi connectivity index (χ4n) is 3.70. The number of aromatic nitrogens is 2. The van der Waals surface area contributed by atoms with Gasteiger partial charge in [0.25, 0.3) is 0 Å². The molecule has 0 bridgehead atoms. The third-order valence-electron chi connectivity index (χ3n) is 4.83.